The van der Waals surface area contributed by atoms with E-state index < -0.39 is 10.0 Å². The van der Waals surface area contributed by atoms with Gasteiger partial charge in [-0.3, -0.25) is 9.78 Å². The molecule has 0 bridgehead atoms. The van der Waals surface area contributed by atoms with Crippen molar-refractivity contribution < 1.29 is 17.9 Å². The van der Waals surface area contributed by atoms with Gasteiger partial charge in [0.15, 0.2) is 0 Å². The highest BCUT2D eigenvalue weighted by Gasteiger charge is 2.26. The molecule has 1 aromatic heterocycles. The monoisotopic (exact) mass is 361 g/mol. The Morgan fingerprint density at radius 1 is 1.08 bits per heavy atom. The number of hydrogen-bond donors (Lipinski definition) is 1. The molecule has 1 aliphatic heterocycles. The largest absolute Gasteiger partial charge is 0.379 e. The van der Waals surface area contributed by atoms with Crippen molar-refractivity contribution in [2.24, 2.45) is 0 Å². The second kappa shape index (κ2) is 7.73. The Morgan fingerprint density at radius 2 is 1.72 bits per heavy atom. The zero-order chi connectivity index (χ0) is 17.7. The van der Waals surface area contributed by atoms with Crippen LogP contribution in [-0.4, -0.2) is 49.9 Å². The lowest BCUT2D eigenvalue weighted by Gasteiger charge is -2.26. The molecule has 0 aliphatic carbocycles. The van der Waals surface area contributed by atoms with E-state index in [4.69, 9.17) is 4.74 Å². The molecule has 0 spiro atoms. The second-order valence-electron chi connectivity index (χ2n) is 5.58. The number of morpholine rings is 1. The summed E-state index contributed by atoms with van der Waals surface area (Å²) in [6.45, 7) is 1.87. The van der Waals surface area contributed by atoms with Gasteiger partial charge in [0, 0.05) is 37.6 Å². The third-order valence-electron chi connectivity index (χ3n) is 3.93. The molecular formula is C17H19N3O4S. The van der Waals surface area contributed by atoms with Gasteiger partial charge in [0.25, 0.3) is 5.91 Å². The molecule has 3 rings (SSSR count). The SMILES string of the molecule is O=C(NCc1ccncc1)c1ccc(S(=O)(=O)N2CCOCC2)cc1. The van der Waals surface area contributed by atoms with E-state index in [9.17, 15) is 13.2 Å². The van der Waals surface area contributed by atoms with Crippen LogP contribution in [0.15, 0.2) is 53.7 Å². The summed E-state index contributed by atoms with van der Waals surface area (Å²) in [5, 5.41) is 2.79. The first-order chi connectivity index (χ1) is 12.1. The molecule has 0 saturated carbocycles. The zero-order valence-corrected chi connectivity index (χ0v) is 14.4. The Hall–Kier alpha value is -2.29. The summed E-state index contributed by atoms with van der Waals surface area (Å²) >= 11 is 0. The topological polar surface area (TPSA) is 88.6 Å². The van der Waals surface area contributed by atoms with Gasteiger partial charge >= 0.3 is 0 Å². The predicted octanol–water partition coefficient (Wildman–Crippen LogP) is 1.03. The minimum atomic E-state index is -3.55. The number of nitrogens with one attached hydrogen (secondary N) is 1. The molecule has 1 amide bonds. The molecule has 0 unspecified atom stereocenters. The van der Waals surface area contributed by atoms with Gasteiger partial charge in [-0.25, -0.2) is 8.42 Å². The average Bonchev–Trinajstić information content (AvgIpc) is 2.68. The number of sulfonamides is 1. The lowest BCUT2D eigenvalue weighted by atomic mass is 10.2. The van der Waals surface area contributed by atoms with Crippen LogP contribution in [0.4, 0.5) is 0 Å². The molecule has 1 aromatic carbocycles. The molecule has 0 radical (unpaired) electrons. The van der Waals surface area contributed by atoms with E-state index in [1.165, 1.54) is 28.6 Å². The number of hydrogen-bond acceptors (Lipinski definition) is 5. The highest BCUT2D eigenvalue weighted by atomic mass is 32.2. The maximum absolute atomic E-state index is 12.5. The van der Waals surface area contributed by atoms with Crippen LogP contribution < -0.4 is 5.32 Å². The summed E-state index contributed by atoms with van der Waals surface area (Å²) in [4.78, 5) is 16.3. The first kappa shape index (κ1) is 17.5. The van der Waals surface area contributed by atoms with Crippen molar-refractivity contribution in [3.8, 4) is 0 Å². The van der Waals surface area contributed by atoms with Crippen LogP contribution in [0.1, 0.15) is 15.9 Å². The second-order valence-corrected chi connectivity index (χ2v) is 7.52. The van der Waals surface area contributed by atoms with Crippen LogP contribution >= 0.6 is 0 Å². The van der Waals surface area contributed by atoms with E-state index in [0.717, 1.165) is 5.56 Å². The molecular weight excluding hydrogens is 342 g/mol. The highest BCUT2D eigenvalue weighted by Crippen LogP contribution is 2.17. The number of benzene rings is 1. The molecule has 25 heavy (non-hydrogen) atoms. The summed E-state index contributed by atoms with van der Waals surface area (Å²) in [5.74, 6) is -0.257. The lowest BCUT2D eigenvalue weighted by Crippen LogP contribution is -2.40. The Labute approximate surface area is 146 Å². The quantitative estimate of drug-likeness (QED) is 0.859. The van der Waals surface area contributed by atoms with E-state index in [1.54, 1.807) is 12.4 Å². The van der Waals surface area contributed by atoms with Crippen LogP contribution in [0.25, 0.3) is 0 Å². The van der Waals surface area contributed by atoms with Gasteiger partial charge in [-0.2, -0.15) is 4.31 Å². The van der Waals surface area contributed by atoms with Crippen molar-refractivity contribution in [3.05, 3.63) is 59.9 Å². The molecule has 0 atom stereocenters. The van der Waals surface area contributed by atoms with Gasteiger partial charge in [-0.1, -0.05) is 0 Å². The Morgan fingerprint density at radius 3 is 2.36 bits per heavy atom. The normalized spacial score (nSPS) is 15.7. The minimum Gasteiger partial charge on any atom is -0.379 e. The number of nitrogens with zero attached hydrogens (tertiary/aromatic N) is 2. The van der Waals surface area contributed by atoms with Gasteiger partial charge in [-0.15, -0.1) is 0 Å². The van der Waals surface area contributed by atoms with Gasteiger partial charge in [0.2, 0.25) is 10.0 Å². The number of rotatable bonds is 5. The predicted molar refractivity (Wildman–Crippen MR) is 91.4 cm³/mol. The summed E-state index contributed by atoms with van der Waals surface area (Å²) < 4.78 is 31.7. The zero-order valence-electron chi connectivity index (χ0n) is 13.6. The fourth-order valence-electron chi connectivity index (χ4n) is 2.50. The molecule has 1 aliphatic rings. The van der Waals surface area contributed by atoms with Crippen molar-refractivity contribution in [2.45, 2.75) is 11.4 Å². The maximum Gasteiger partial charge on any atom is 0.251 e. The number of aromatic nitrogens is 1. The summed E-state index contributed by atoms with van der Waals surface area (Å²) in [6, 6.07) is 9.61. The van der Waals surface area contributed by atoms with Crippen molar-refractivity contribution in [1.82, 2.24) is 14.6 Å². The first-order valence-corrected chi connectivity index (χ1v) is 9.36. The number of ether oxygens (including phenoxy) is 1. The Bertz CT molecular complexity index is 817. The van der Waals surface area contributed by atoms with Crippen molar-refractivity contribution in [1.29, 1.82) is 0 Å². The third kappa shape index (κ3) is 4.22. The van der Waals surface area contributed by atoms with Gasteiger partial charge in [0.05, 0.1) is 18.1 Å². The average molecular weight is 361 g/mol. The highest BCUT2D eigenvalue weighted by molar-refractivity contribution is 7.89. The van der Waals surface area contributed by atoms with Crippen LogP contribution in [0, 0.1) is 0 Å². The third-order valence-corrected chi connectivity index (χ3v) is 5.84. The van der Waals surface area contributed by atoms with Crippen LogP contribution in [0.3, 0.4) is 0 Å². The maximum atomic E-state index is 12.5. The number of pyridine rings is 1. The molecule has 8 heteroatoms. The van der Waals surface area contributed by atoms with Crippen molar-refractivity contribution >= 4 is 15.9 Å². The first-order valence-electron chi connectivity index (χ1n) is 7.92. The van der Waals surface area contributed by atoms with Gasteiger partial charge < -0.3 is 10.1 Å². The van der Waals surface area contributed by atoms with Crippen LogP contribution in [-0.2, 0) is 21.3 Å². The summed E-state index contributed by atoms with van der Waals surface area (Å²) in [6.07, 6.45) is 3.32. The van der Waals surface area contributed by atoms with Gasteiger partial charge in [0.1, 0.15) is 0 Å². The standard InChI is InChI=1S/C17H19N3O4S/c21-17(19-13-14-5-7-18-8-6-14)15-1-3-16(4-2-15)25(22,23)20-9-11-24-12-10-20/h1-8H,9-13H2,(H,19,21). The molecule has 2 heterocycles. The number of carbonyl (C=O) groups is 1. The van der Waals surface area contributed by atoms with Crippen LogP contribution in [0.5, 0.6) is 0 Å². The fraction of sp³-hybridized carbons (Fsp3) is 0.294. The van der Waals surface area contributed by atoms with Crippen molar-refractivity contribution in [2.75, 3.05) is 26.3 Å². The lowest BCUT2D eigenvalue weighted by molar-refractivity contribution is 0.0730. The summed E-state index contributed by atoms with van der Waals surface area (Å²) in [5.41, 5.74) is 1.35. The van der Waals surface area contributed by atoms with Crippen LogP contribution in [0.2, 0.25) is 0 Å². The van der Waals surface area contributed by atoms with E-state index in [2.05, 4.69) is 10.3 Å². The molecule has 7 nitrogen and oxygen atoms in total. The van der Waals surface area contributed by atoms with Gasteiger partial charge in [-0.05, 0) is 42.0 Å². The molecule has 132 valence electrons. The smallest absolute Gasteiger partial charge is 0.251 e. The van der Waals surface area contributed by atoms with E-state index in [-0.39, 0.29) is 10.8 Å². The minimum absolute atomic E-state index is 0.181. The Kier molecular flexibility index (Phi) is 5.42. The Balaban J connectivity index is 1.66. The number of amides is 1. The number of carbonyl (C=O) groups excluding carboxylic acids is 1. The molecule has 1 N–H and O–H groups in total. The molecule has 1 saturated heterocycles. The van der Waals surface area contributed by atoms with E-state index >= 15 is 0 Å². The summed E-state index contributed by atoms with van der Waals surface area (Å²) in [7, 11) is -3.55. The molecule has 2 aromatic rings. The van der Waals surface area contributed by atoms with Crippen molar-refractivity contribution in [3.63, 3.8) is 0 Å². The fourth-order valence-corrected chi connectivity index (χ4v) is 3.91. The molecule has 1 fully saturated rings. The van der Waals surface area contributed by atoms with E-state index in [0.29, 0.717) is 38.4 Å². The van der Waals surface area contributed by atoms with E-state index in [1.807, 2.05) is 12.1 Å².